The van der Waals surface area contributed by atoms with Crippen molar-refractivity contribution in [2.75, 3.05) is 5.75 Å². The van der Waals surface area contributed by atoms with Crippen LogP contribution < -0.4 is 0 Å². The fourth-order valence-corrected chi connectivity index (χ4v) is 1.92. The van der Waals surface area contributed by atoms with Crippen LogP contribution >= 0.6 is 11.8 Å². The average Bonchev–Trinajstić information content (AvgIpc) is 2.74. The highest BCUT2D eigenvalue weighted by Gasteiger charge is 2.16. The number of carbonyl (C=O) groups excluding carboxylic acids is 1. The van der Waals surface area contributed by atoms with E-state index in [9.17, 15) is 20.0 Å². The van der Waals surface area contributed by atoms with Crippen LogP contribution in [0.5, 0.6) is 0 Å². The molecule has 1 aromatic rings. The van der Waals surface area contributed by atoms with Gasteiger partial charge in [0.05, 0.1) is 28.7 Å². The largest absolute Gasteiger partial charge is 0.392 e. The van der Waals surface area contributed by atoms with Crippen molar-refractivity contribution in [3.05, 3.63) is 28.1 Å². The first-order valence-corrected chi connectivity index (χ1v) is 6.12. The van der Waals surface area contributed by atoms with Crippen molar-refractivity contribution in [2.24, 2.45) is 0 Å². The quantitative estimate of drug-likeness (QED) is 0.459. The van der Waals surface area contributed by atoms with Gasteiger partial charge in [-0.1, -0.05) is 6.92 Å². The van der Waals surface area contributed by atoms with Crippen LogP contribution in [0.4, 0.5) is 5.69 Å². The summed E-state index contributed by atoms with van der Waals surface area (Å²) in [6, 6.07) is 1.22. The Balaban J connectivity index is 2.55. The molecule has 0 saturated heterocycles. The lowest BCUT2D eigenvalue weighted by molar-refractivity contribution is -0.384. The number of nitro groups is 1. The Morgan fingerprint density at radius 2 is 2.29 bits per heavy atom. The lowest BCUT2D eigenvalue weighted by atomic mass is 10.3. The third-order valence-electron chi connectivity index (χ3n) is 2.34. The number of hydrogen-bond acceptors (Lipinski definition) is 5. The van der Waals surface area contributed by atoms with Crippen molar-refractivity contribution >= 4 is 23.2 Å². The maximum atomic E-state index is 11.7. The molecule has 0 aliphatic rings. The summed E-state index contributed by atoms with van der Waals surface area (Å²) in [5.41, 5.74) is 0.101. The SMILES string of the molecule is CC(O)C(C)SCC(=O)c1cc([N+](=O)[O-])c[nH]1. The summed E-state index contributed by atoms with van der Waals surface area (Å²) in [6.07, 6.45) is 0.696. The summed E-state index contributed by atoms with van der Waals surface area (Å²) in [6.45, 7) is 3.47. The Kier molecular flexibility index (Phi) is 4.71. The Bertz CT molecular complexity index is 416. The fraction of sp³-hybridized carbons (Fsp3) is 0.500. The summed E-state index contributed by atoms with van der Waals surface area (Å²) < 4.78 is 0. The van der Waals surface area contributed by atoms with Gasteiger partial charge in [0, 0.05) is 11.3 Å². The molecular weight excluding hydrogens is 244 g/mol. The smallest absolute Gasteiger partial charge is 0.287 e. The third-order valence-corrected chi connectivity index (χ3v) is 3.68. The number of nitrogens with zero attached hydrogens (tertiary/aromatic N) is 1. The van der Waals surface area contributed by atoms with E-state index >= 15 is 0 Å². The van der Waals surface area contributed by atoms with E-state index < -0.39 is 11.0 Å². The summed E-state index contributed by atoms with van der Waals surface area (Å²) >= 11 is 1.32. The molecule has 0 bridgehead atoms. The zero-order valence-electron chi connectivity index (χ0n) is 9.54. The lowest BCUT2D eigenvalue weighted by Gasteiger charge is -2.12. The molecule has 2 N–H and O–H groups in total. The summed E-state index contributed by atoms with van der Waals surface area (Å²) in [4.78, 5) is 24.1. The van der Waals surface area contributed by atoms with Crippen LogP contribution in [0.2, 0.25) is 0 Å². The topological polar surface area (TPSA) is 96.2 Å². The first kappa shape index (κ1) is 13.7. The second-order valence-corrected chi connectivity index (χ2v) is 5.07. The highest BCUT2D eigenvalue weighted by molar-refractivity contribution is 8.00. The molecule has 0 aliphatic heterocycles. The van der Waals surface area contributed by atoms with E-state index in [-0.39, 0.29) is 28.2 Å². The Morgan fingerprint density at radius 1 is 1.65 bits per heavy atom. The molecule has 1 rings (SSSR count). The van der Waals surface area contributed by atoms with Crippen LogP contribution in [0.25, 0.3) is 0 Å². The minimum Gasteiger partial charge on any atom is -0.392 e. The van der Waals surface area contributed by atoms with Crippen LogP contribution in [-0.2, 0) is 0 Å². The first-order valence-electron chi connectivity index (χ1n) is 5.07. The number of hydrogen-bond donors (Lipinski definition) is 2. The maximum Gasteiger partial charge on any atom is 0.287 e. The molecule has 2 atom stereocenters. The van der Waals surface area contributed by atoms with Gasteiger partial charge in [-0.3, -0.25) is 14.9 Å². The molecular formula is C10H14N2O4S. The number of rotatable bonds is 6. The number of aliphatic hydroxyl groups is 1. The summed E-state index contributed by atoms with van der Waals surface area (Å²) in [7, 11) is 0. The van der Waals surface area contributed by atoms with E-state index in [1.54, 1.807) is 6.92 Å². The maximum absolute atomic E-state index is 11.7. The number of carbonyl (C=O) groups is 1. The molecule has 1 aromatic heterocycles. The van der Waals surface area contributed by atoms with Gasteiger partial charge >= 0.3 is 0 Å². The van der Waals surface area contributed by atoms with Crippen molar-refractivity contribution in [1.82, 2.24) is 4.98 Å². The third kappa shape index (κ3) is 3.86. The molecule has 0 amide bonds. The molecule has 1 heterocycles. The predicted molar refractivity (Wildman–Crippen MR) is 65.4 cm³/mol. The number of aliphatic hydroxyl groups excluding tert-OH is 1. The van der Waals surface area contributed by atoms with Crippen LogP contribution in [0.3, 0.4) is 0 Å². The van der Waals surface area contributed by atoms with Crippen molar-refractivity contribution in [1.29, 1.82) is 0 Å². The van der Waals surface area contributed by atoms with E-state index in [0.717, 1.165) is 0 Å². The Morgan fingerprint density at radius 3 is 2.76 bits per heavy atom. The van der Waals surface area contributed by atoms with Crippen molar-refractivity contribution in [2.45, 2.75) is 25.2 Å². The van der Waals surface area contributed by atoms with Crippen LogP contribution in [0, 0.1) is 10.1 Å². The monoisotopic (exact) mass is 258 g/mol. The van der Waals surface area contributed by atoms with Gasteiger partial charge in [0.1, 0.15) is 0 Å². The van der Waals surface area contributed by atoms with Gasteiger partial charge in [0.15, 0.2) is 5.78 Å². The molecule has 0 spiro atoms. The molecule has 17 heavy (non-hydrogen) atoms. The van der Waals surface area contributed by atoms with Gasteiger partial charge in [-0.05, 0) is 6.92 Å². The highest BCUT2D eigenvalue weighted by atomic mass is 32.2. The van der Waals surface area contributed by atoms with Gasteiger partial charge in [-0.15, -0.1) is 11.8 Å². The van der Waals surface area contributed by atoms with Gasteiger partial charge in [0.2, 0.25) is 0 Å². The molecule has 0 saturated carbocycles. The highest BCUT2D eigenvalue weighted by Crippen LogP contribution is 2.18. The molecule has 7 heteroatoms. The summed E-state index contributed by atoms with van der Waals surface area (Å²) in [5, 5.41) is 19.6. The molecule has 0 fully saturated rings. The lowest BCUT2D eigenvalue weighted by Crippen LogP contribution is -2.17. The standard InChI is InChI=1S/C10H14N2O4S/c1-6(13)7(2)17-5-10(14)9-3-8(4-11-9)12(15)16/h3-4,6-7,11,13H,5H2,1-2H3. The number of aromatic amines is 1. The second-order valence-electron chi connectivity index (χ2n) is 3.71. The summed E-state index contributed by atoms with van der Waals surface area (Å²) in [5.74, 6) is -0.0281. The number of Topliss-reactive ketones (excluding diaryl/α,β-unsaturated/α-hetero) is 1. The van der Waals surface area contributed by atoms with Crippen LogP contribution in [0.15, 0.2) is 12.3 Å². The molecule has 2 unspecified atom stereocenters. The van der Waals surface area contributed by atoms with E-state index in [1.165, 1.54) is 24.0 Å². The number of thioether (sulfide) groups is 1. The van der Waals surface area contributed by atoms with Gasteiger partial charge in [0.25, 0.3) is 5.69 Å². The first-order chi connectivity index (χ1) is 7.91. The zero-order valence-corrected chi connectivity index (χ0v) is 10.4. The van der Waals surface area contributed by atoms with E-state index in [1.807, 2.05) is 6.92 Å². The van der Waals surface area contributed by atoms with E-state index in [4.69, 9.17) is 0 Å². The second kappa shape index (κ2) is 5.83. The van der Waals surface area contributed by atoms with Crippen LogP contribution in [-0.4, -0.2) is 37.9 Å². The number of aromatic nitrogens is 1. The minimum atomic E-state index is -0.557. The molecule has 0 radical (unpaired) electrons. The molecule has 0 aliphatic carbocycles. The Labute approximate surface area is 103 Å². The normalized spacial score (nSPS) is 14.3. The number of nitrogens with one attached hydrogen (secondary N) is 1. The Hall–Kier alpha value is -1.34. The van der Waals surface area contributed by atoms with E-state index in [2.05, 4.69) is 4.98 Å². The molecule has 94 valence electrons. The zero-order chi connectivity index (χ0) is 13.0. The van der Waals surface area contributed by atoms with Crippen molar-refractivity contribution in [3.63, 3.8) is 0 Å². The number of H-pyrrole nitrogens is 1. The fourth-order valence-electron chi connectivity index (χ4n) is 1.07. The van der Waals surface area contributed by atoms with Crippen LogP contribution in [0.1, 0.15) is 24.3 Å². The number of ketones is 1. The van der Waals surface area contributed by atoms with E-state index in [0.29, 0.717) is 0 Å². The minimum absolute atomic E-state index is 0.0519. The molecule has 0 aromatic carbocycles. The van der Waals surface area contributed by atoms with Gasteiger partial charge in [-0.2, -0.15) is 0 Å². The van der Waals surface area contributed by atoms with Crippen molar-refractivity contribution in [3.8, 4) is 0 Å². The van der Waals surface area contributed by atoms with Gasteiger partial charge in [-0.25, -0.2) is 0 Å². The van der Waals surface area contributed by atoms with Crippen molar-refractivity contribution < 1.29 is 14.8 Å². The molecule has 6 nitrogen and oxygen atoms in total. The van der Waals surface area contributed by atoms with Gasteiger partial charge < -0.3 is 10.1 Å². The average molecular weight is 258 g/mol. The predicted octanol–water partition coefficient (Wildman–Crippen LogP) is 1.61.